The van der Waals surface area contributed by atoms with Crippen LogP contribution in [0.15, 0.2) is 24.3 Å². The van der Waals surface area contributed by atoms with Gasteiger partial charge in [-0.1, -0.05) is 17.3 Å². The van der Waals surface area contributed by atoms with Crippen molar-refractivity contribution in [3.05, 3.63) is 41.2 Å². The van der Waals surface area contributed by atoms with Crippen LogP contribution in [0.25, 0.3) is 0 Å². The van der Waals surface area contributed by atoms with Crippen molar-refractivity contribution < 1.29 is 15.0 Å². The monoisotopic (exact) mass is 259 g/mol. The van der Waals surface area contributed by atoms with Crippen LogP contribution in [0.3, 0.4) is 0 Å². The van der Waals surface area contributed by atoms with Crippen molar-refractivity contribution in [3.63, 3.8) is 0 Å². The molecular formula is C13H13N3O3. The number of phenolic OH excluding ortho intramolecular Hbond substituents is 1. The molecule has 19 heavy (non-hydrogen) atoms. The van der Waals surface area contributed by atoms with E-state index in [0.29, 0.717) is 12.2 Å². The molecule has 1 aliphatic carbocycles. The molecule has 3 rings (SSSR count). The molecule has 6 heteroatoms. The van der Waals surface area contributed by atoms with E-state index in [9.17, 15) is 9.90 Å². The van der Waals surface area contributed by atoms with E-state index >= 15 is 0 Å². The number of carboxylic acid groups (broad SMARTS) is 1. The minimum atomic E-state index is -1.03. The second-order valence-electron chi connectivity index (χ2n) is 4.73. The Hall–Kier alpha value is -2.37. The van der Waals surface area contributed by atoms with Gasteiger partial charge in [-0.25, -0.2) is 9.48 Å². The van der Waals surface area contributed by atoms with Crippen molar-refractivity contribution in [1.29, 1.82) is 0 Å². The van der Waals surface area contributed by atoms with Crippen LogP contribution in [0.1, 0.15) is 40.5 Å². The summed E-state index contributed by atoms with van der Waals surface area (Å²) in [5.41, 5.74) is 1.71. The van der Waals surface area contributed by atoms with Gasteiger partial charge in [-0.3, -0.25) is 0 Å². The topological polar surface area (TPSA) is 88.2 Å². The summed E-state index contributed by atoms with van der Waals surface area (Å²) < 4.78 is 1.65. The third kappa shape index (κ3) is 2.29. The molecule has 0 amide bonds. The number of carboxylic acids is 1. The summed E-state index contributed by atoms with van der Waals surface area (Å²) in [4.78, 5) is 11.1. The van der Waals surface area contributed by atoms with Crippen LogP contribution in [0.4, 0.5) is 0 Å². The van der Waals surface area contributed by atoms with Crippen molar-refractivity contribution in [3.8, 4) is 5.75 Å². The van der Waals surface area contributed by atoms with E-state index in [1.165, 1.54) is 0 Å². The maximum absolute atomic E-state index is 11.1. The van der Waals surface area contributed by atoms with Gasteiger partial charge in [0, 0.05) is 5.92 Å². The van der Waals surface area contributed by atoms with Crippen LogP contribution >= 0.6 is 0 Å². The van der Waals surface area contributed by atoms with Gasteiger partial charge in [0.05, 0.1) is 12.2 Å². The Morgan fingerprint density at radius 3 is 2.58 bits per heavy atom. The summed E-state index contributed by atoms with van der Waals surface area (Å²) in [5, 5.41) is 26.0. The zero-order valence-electron chi connectivity index (χ0n) is 10.2. The van der Waals surface area contributed by atoms with Gasteiger partial charge in [0.15, 0.2) is 5.69 Å². The molecule has 1 aromatic heterocycles. The fourth-order valence-corrected chi connectivity index (χ4v) is 2.12. The second-order valence-corrected chi connectivity index (χ2v) is 4.73. The number of aromatic nitrogens is 3. The molecule has 0 spiro atoms. The molecule has 1 heterocycles. The molecule has 0 atom stereocenters. The summed E-state index contributed by atoms with van der Waals surface area (Å²) in [7, 11) is 0. The van der Waals surface area contributed by atoms with Crippen molar-refractivity contribution in [2.75, 3.05) is 0 Å². The van der Waals surface area contributed by atoms with Gasteiger partial charge >= 0.3 is 5.97 Å². The molecule has 0 unspecified atom stereocenters. The first-order valence-electron chi connectivity index (χ1n) is 6.09. The number of carbonyl (C=O) groups is 1. The average molecular weight is 259 g/mol. The fraction of sp³-hybridized carbons (Fsp3) is 0.308. The minimum absolute atomic E-state index is 0.0567. The van der Waals surface area contributed by atoms with Crippen molar-refractivity contribution in [2.45, 2.75) is 25.3 Å². The Balaban J connectivity index is 1.92. The molecule has 98 valence electrons. The number of benzene rings is 1. The standard InChI is InChI=1S/C13H13N3O3/c17-10-5-1-8(2-6-10)7-16-12(9-3-4-9)11(13(18)19)14-15-16/h1-2,5-6,9,17H,3-4,7H2,(H,18,19). The van der Waals surface area contributed by atoms with Crippen molar-refractivity contribution in [2.24, 2.45) is 0 Å². The molecule has 0 radical (unpaired) electrons. The predicted octanol–water partition coefficient (Wildman–Crippen LogP) is 1.61. The summed E-state index contributed by atoms with van der Waals surface area (Å²) in [6.45, 7) is 0.465. The maximum Gasteiger partial charge on any atom is 0.358 e. The lowest BCUT2D eigenvalue weighted by molar-refractivity contribution is 0.0689. The predicted molar refractivity (Wildman–Crippen MR) is 66.2 cm³/mol. The highest BCUT2D eigenvalue weighted by molar-refractivity contribution is 5.86. The van der Waals surface area contributed by atoms with Crippen LogP contribution in [0.2, 0.25) is 0 Å². The molecule has 0 aliphatic heterocycles. The number of aromatic carboxylic acids is 1. The molecule has 1 saturated carbocycles. The summed E-state index contributed by atoms with van der Waals surface area (Å²) >= 11 is 0. The number of hydrogen-bond donors (Lipinski definition) is 2. The van der Waals surface area contributed by atoms with Gasteiger partial charge in [0.1, 0.15) is 5.75 Å². The molecule has 0 bridgehead atoms. The van der Waals surface area contributed by atoms with Gasteiger partial charge in [-0.2, -0.15) is 0 Å². The van der Waals surface area contributed by atoms with Crippen LogP contribution < -0.4 is 0 Å². The Kier molecular flexibility index (Phi) is 2.70. The Labute approximate surface area is 109 Å². The number of hydrogen-bond acceptors (Lipinski definition) is 4. The van der Waals surface area contributed by atoms with E-state index in [4.69, 9.17) is 5.11 Å². The molecule has 1 fully saturated rings. The SMILES string of the molecule is O=C(O)c1nnn(Cc2ccc(O)cc2)c1C1CC1. The summed E-state index contributed by atoms with van der Waals surface area (Å²) in [6, 6.07) is 6.77. The molecule has 6 nitrogen and oxygen atoms in total. The molecular weight excluding hydrogens is 246 g/mol. The Morgan fingerprint density at radius 2 is 2.00 bits per heavy atom. The van der Waals surface area contributed by atoms with Crippen LogP contribution in [-0.4, -0.2) is 31.2 Å². The van der Waals surface area contributed by atoms with E-state index in [2.05, 4.69) is 10.3 Å². The van der Waals surface area contributed by atoms with Crippen LogP contribution in [0, 0.1) is 0 Å². The lowest BCUT2D eigenvalue weighted by Gasteiger charge is -2.06. The molecule has 0 saturated heterocycles. The van der Waals surface area contributed by atoms with Crippen molar-refractivity contribution in [1.82, 2.24) is 15.0 Å². The quantitative estimate of drug-likeness (QED) is 0.870. The van der Waals surface area contributed by atoms with E-state index in [-0.39, 0.29) is 17.4 Å². The highest BCUT2D eigenvalue weighted by atomic mass is 16.4. The highest BCUT2D eigenvalue weighted by Gasteiger charge is 2.33. The van der Waals surface area contributed by atoms with Crippen molar-refractivity contribution >= 4 is 5.97 Å². The van der Waals surface area contributed by atoms with Gasteiger partial charge < -0.3 is 10.2 Å². The van der Waals surface area contributed by atoms with E-state index in [1.807, 2.05) is 0 Å². The summed E-state index contributed by atoms with van der Waals surface area (Å²) in [5.74, 6) is -0.562. The normalized spacial score (nSPS) is 14.5. The Morgan fingerprint density at radius 1 is 1.32 bits per heavy atom. The molecule has 1 aliphatic rings. The zero-order chi connectivity index (χ0) is 13.4. The van der Waals surface area contributed by atoms with E-state index in [0.717, 1.165) is 18.4 Å². The average Bonchev–Trinajstić information content (AvgIpc) is 3.13. The number of aromatic hydroxyl groups is 1. The van der Waals surface area contributed by atoms with Gasteiger partial charge in [0.25, 0.3) is 0 Å². The second kappa shape index (κ2) is 4.38. The first kappa shape index (κ1) is 11.7. The summed E-state index contributed by atoms with van der Waals surface area (Å²) in [6.07, 6.45) is 1.98. The van der Waals surface area contributed by atoms with Gasteiger partial charge in [0.2, 0.25) is 0 Å². The first-order valence-corrected chi connectivity index (χ1v) is 6.09. The zero-order valence-corrected chi connectivity index (χ0v) is 10.2. The molecule has 2 N–H and O–H groups in total. The van der Waals surface area contributed by atoms with E-state index < -0.39 is 5.97 Å². The third-order valence-corrected chi connectivity index (χ3v) is 3.21. The molecule has 2 aromatic rings. The third-order valence-electron chi connectivity index (χ3n) is 3.21. The number of rotatable bonds is 4. The van der Waals surface area contributed by atoms with Gasteiger partial charge in [-0.15, -0.1) is 5.10 Å². The number of nitrogens with zero attached hydrogens (tertiary/aromatic N) is 3. The lowest BCUT2D eigenvalue weighted by atomic mass is 10.2. The lowest BCUT2D eigenvalue weighted by Crippen LogP contribution is -2.08. The molecule has 1 aromatic carbocycles. The highest BCUT2D eigenvalue weighted by Crippen LogP contribution is 2.41. The smallest absolute Gasteiger partial charge is 0.358 e. The van der Waals surface area contributed by atoms with Crippen LogP contribution in [0.5, 0.6) is 5.75 Å². The van der Waals surface area contributed by atoms with Crippen LogP contribution in [-0.2, 0) is 6.54 Å². The first-order chi connectivity index (χ1) is 9.15. The number of phenols is 1. The largest absolute Gasteiger partial charge is 0.508 e. The van der Waals surface area contributed by atoms with E-state index in [1.54, 1.807) is 28.9 Å². The fourth-order valence-electron chi connectivity index (χ4n) is 2.12. The maximum atomic E-state index is 11.1. The minimum Gasteiger partial charge on any atom is -0.508 e. The Bertz CT molecular complexity index is 615. The van der Waals surface area contributed by atoms with Gasteiger partial charge in [-0.05, 0) is 30.5 Å².